The molecule has 1 aliphatic carbocycles. The van der Waals surface area contributed by atoms with Gasteiger partial charge >= 0.3 is 0 Å². The first-order chi connectivity index (χ1) is 25.7. The van der Waals surface area contributed by atoms with E-state index in [9.17, 15) is 0 Å². The highest BCUT2D eigenvalue weighted by atomic mass is 16.5. The third-order valence-electron chi connectivity index (χ3n) is 9.64. The quantitative estimate of drug-likeness (QED) is 0.0682. The normalized spacial score (nSPS) is 12.5. The van der Waals surface area contributed by atoms with Crippen LogP contribution in [0.15, 0.2) is 97.1 Å². The van der Waals surface area contributed by atoms with Gasteiger partial charge in [-0.25, -0.2) is 0 Å². The van der Waals surface area contributed by atoms with Crippen molar-refractivity contribution in [2.45, 2.75) is 105 Å². The van der Waals surface area contributed by atoms with Gasteiger partial charge < -0.3 is 18.9 Å². The van der Waals surface area contributed by atoms with Crippen molar-refractivity contribution in [1.82, 2.24) is 0 Å². The molecule has 52 heavy (non-hydrogen) atoms. The van der Waals surface area contributed by atoms with E-state index in [0.717, 1.165) is 75.1 Å². The number of unbranched alkanes of at least 4 members (excludes halogenated alkanes) is 8. The Morgan fingerprint density at radius 1 is 0.269 bits per heavy atom. The van der Waals surface area contributed by atoms with Gasteiger partial charge in [0.25, 0.3) is 0 Å². The molecule has 0 aliphatic heterocycles. The maximum absolute atomic E-state index is 6.11. The molecule has 0 saturated carbocycles. The fourth-order valence-electron chi connectivity index (χ4n) is 6.63. The average Bonchev–Trinajstić information content (AvgIpc) is 3.17. The predicted molar refractivity (Wildman–Crippen MR) is 219 cm³/mol. The third kappa shape index (κ3) is 10.8. The molecule has 0 N–H and O–H groups in total. The van der Waals surface area contributed by atoms with Crippen LogP contribution in [0.4, 0.5) is 0 Å². The van der Waals surface area contributed by atoms with Gasteiger partial charge in [0, 0.05) is 0 Å². The van der Waals surface area contributed by atoms with Crippen LogP contribution in [0.5, 0.6) is 23.0 Å². The second-order valence-electron chi connectivity index (χ2n) is 13.8. The van der Waals surface area contributed by atoms with Crippen LogP contribution in [0.3, 0.4) is 0 Å². The van der Waals surface area contributed by atoms with Crippen LogP contribution in [0, 0.1) is 0 Å². The summed E-state index contributed by atoms with van der Waals surface area (Å²) in [6.07, 6.45) is 13.8. The highest BCUT2D eigenvalue weighted by Crippen LogP contribution is 2.56. The SMILES string of the molecule is CCCCCOc1ccc(C2=C(c3ccc(OCCCCC)cc3)C(c3ccc(OCCCCC)cc3)=C2c2ccc(OCCCCC)cc2)cc1. The molecule has 0 saturated heterocycles. The Bertz CT molecular complexity index is 1410. The number of allylic oxidation sites excluding steroid dienone is 4. The summed E-state index contributed by atoms with van der Waals surface area (Å²) in [5.74, 6) is 3.65. The van der Waals surface area contributed by atoms with Gasteiger partial charge in [0.05, 0.1) is 26.4 Å². The summed E-state index contributed by atoms with van der Waals surface area (Å²) in [6, 6.07) is 34.6. The van der Waals surface area contributed by atoms with Crippen LogP contribution in [0.2, 0.25) is 0 Å². The molecule has 0 bridgehead atoms. The van der Waals surface area contributed by atoms with E-state index in [-0.39, 0.29) is 0 Å². The lowest BCUT2D eigenvalue weighted by molar-refractivity contribution is 0.306. The molecule has 0 unspecified atom stereocenters. The zero-order valence-electron chi connectivity index (χ0n) is 32.2. The minimum atomic E-state index is 0.745. The molecule has 0 radical (unpaired) electrons. The van der Waals surface area contributed by atoms with Crippen molar-refractivity contribution in [2.24, 2.45) is 0 Å². The smallest absolute Gasteiger partial charge is 0.119 e. The minimum Gasteiger partial charge on any atom is -0.494 e. The largest absolute Gasteiger partial charge is 0.494 e. The lowest BCUT2D eigenvalue weighted by Gasteiger charge is -2.33. The zero-order valence-corrected chi connectivity index (χ0v) is 32.2. The molecule has 0 amide bonds. The number of hydrogen-bond donors (Lipinski definition) is 0. The van der Waals surface area contributed by atoms with Crippen LogP contribution < -0.4 is 18.9 Å². The van der Waals surface area contributed by atoms with Crippen LogP contribution in [-0.2, 0) is 0 Å². The fraction of sp³-hybridized carbons (Fsp3) is 0.417. The first-order valence-corrected chi connectivity index (χ1v) is 20.1. The van der Waals surface area contributed by atoms with Crippen LogP contribution in [0.1, 0.15) is 127 Å². The molecular weight excluding hydrogens is 641 g/mol. The van der Waals surface area contributed by atoms with E-state index in [1.54, 1.807) is 0 Å². The summed E-state index contributed by atoms with van der Waals surface area (Å²) in [6.45, 7) is 11.9. The number of benzene rings is 4. The highest BCUT2D eigenvalue weighted by molar-refractivity contribution is 6.43. The highest BCUT2D eigenvalue weighted by Gasteiger charge is 2.33. The Balaban J connectivity index is 1.53. The summed E-state index contributed by atoms with van der Waals surface area (Å²) in [5.41, 5.74) is 9.63. The van der Waals surface area contributed by atoms with Gasteiger partial charge in [0.15, 0.2) is 0 Å². The van der Waals surface area contributed by atoms with Gasteiger partial charge in [-0.05, 0) is 119 Å². The molecule has 4 aromatic rings. The van der Waals surface area contributed by atoms with Crippen molar-refractivity contribution in [1.29, 1.82) is 0 Å². The number of hydrogen-bond acceptors (Lipinski definition) is 4. The third-order valence-corrected chi connectivity index (χ3v) is 9.64. The number of ether oxygens (including phenoxy) is 4. The second kappa shape index (κ2) is 21.2. The molecule has 0 atom stereocenters. The topological polar surface area (TPSA) is 36.9 Å². The molecule has 0 spiro atoms. The van der Waals surface area contributed by atoms with Gasteiger partial charge in [-0.2, -0.15) is 0 Å². The zero-order chi connectivity index (χ0) is 36.4. The van der Waals surface area contributed by atoms with E-state index in [2.05, 4.69) is 125 Å². The van der Waals surface area contributed by atoms with E-state index in [1.807, 2.05) is 0 Å². The Kier molecular flexibility index (Phi) is 15.8. The van der Waals surface area contributed by atoms with E-state index < -0.39 is 0 Å². The van der Waals surface area contributed by atoms with Crippen LogP contribution >= 0.6 is 0 Å². The van der Waals surface area contributed by atoms with Gasteiger partial charge in [-0.3, -0.25) is 0 Å². The molecule has 4 nitrogen and oxygen atoms in total. The molecule has 0 fully saturated rings. The molecule has 5 rings (SSSR count). The van der Waals surface area contributed by atoms with Gasteiger partial charge in [-0.15, -0.1) is 0 Å². The molecular formula is C48H60O4. The van der Waals surface area contributed by atoms with Crippen molar-refractivity contribution in [3.8, 4) is 23.0 Å². The average molecular weight is 701 g/mol. The Hall–Kier alpha value is -4.44. The van der Waals surface area contributed by atoms with Crippen molar-refractivity contribution in [2.75, 3.05) is 26.4 Å². The lowest BCUT2D eigenvalue weighted by atomic mass is 9.69. The van der Waals surface area contributed by atoms with Crippen molar-refractivity contribution in [3.63, 3.8) is 0 Å². The van der Waals surface area contributed by atoms with Crippen molar-refractivity contribution < 1.29 is 18.9 Å². The molecule has 1 aliphatic rings. The molecule has 0 aromatic heterocycles. The fourth-order valence-corrected chi connectivity index (χ4v) is 6.63. The summed E-state index contributed by atoms with van der Waals surface area (Å²) in [7, 11) is 0. The van der Waals surface area contributed by atoms with Gasteiger partial charge in [0.2, 0.25) is 0 Å². The molecule has 0 heterocycles. The Morgan fingerprint density at radius 2 is 0.462 bits per heavy atom. The summed E-state index contributed by atoms with van der Waals surface area (Å²) >= 11 is 0. The second-order valence-corrected chi connectivity index (χ2v) is 13.8. The van der Waals surface area contributed by atoms with E-state index in [1.165, 1.54) is 95.9 Å². The first-order valence-electron chi connectivity index (χ1n) is 20.1. The summed E-state index contributed by atoms with van der Waals surface area (Å²) in [4.78, 5) is 0. The summed E-state index contributed by atoms with van der Waals surface area (Å²) < 4.78 is 24.5. The lowest BCUT2D eigenvalue weighted by Crippen LogP contribution is -2.11. The van der Waals surface area contributed by atoms with Crippen LogP contribution in [-0.4, -0.2) is 26.4 Å². The van der Waals surface area contributed by atoms with Gasteiger partial charge in [0.1, 0.15) is 23.0 Å². The Morgan fingerprint density at radius 3 is 0.635 bits per heavy atom. The Labute approximate surface area is 313 Å². The maximum atomic E-state index is 6.11. The van der Waals surface area contributed by atoms with E-state index >= 15 is 0 Å². The van der Waals surface area contributed by atoms with Crippen LogP contribution in [0.25, 0.3) is 22.3 Å². The maximum Gasteiger partial charge on any atom is 0.119 e. The first kappa shape index (κ1) is 38.8. The van der Waals surface area contributed by atoms with Crippen molar-refractivity contribution >= 4 is 22.3 Å². The monoisotopic (exact) mass is 700 g/mol. The van der Waals surface area contributed by atoms with Crippen molar-refractivity contribution in [3.05, 3.63) is 119 Å². The number of rotatable bonds is 24. The van der Waals surface area contributed by atoms with Gasteiger partial charge in [-0.1, -0.05) is 128 Å². The minimum absolute atomic E-state index is 0.745. The molecule has 4 heteroatoms. The molecule has 276 valence electrons. The standard InChI is InChI=1S/C48H60O4/c1-5-9-13-33-49-41-25-17-37(18-26-41)45-46(38-19-27-42(28-20-38)50-34-14-10-6-2)48(40-23-31-44(32-24-40)52-36-16-12-8-4)47(45)39-21-29-43(30-22-39)51-35-15-11-7-3/h17-32H,5-16,33-36H2,1-4H3. The van der Waals surface area contributed by atoms with E-state index in [4.69, 9.17) is 18.9 Å². The summed E-state index contributed by atoms with van der Waals surface area (Å²) in [5, 5.41) is 0. The molecule has 4 aromatic carbocycles. The van der Waals surface area contributed by atoms with E-state index in [0.29, 0.717) is 0 Å². The predicted octanol–water partition coefficient (Wildman–Crippen LogP) is 13.5.